The van der Waals surface area contributed by atoms with Crippen molar-refractivity contribution in [1.29, 1.82) is 5.26 Å². The van der Waals surface area contributed by atoms with Crippen LogP contribution in [0.3, 0.4) is 0 Å². The highest BCUT2D eigenvalue weighted by molar-refractivity contribution is 7.16. The van der Waals surface area contributed by atoms with E-state index in [1.165, 1.54) is 29.7 Å². The fraction of sp³-hybridized carbons (Fsp3) is 0.182. The molecule has 0 saturated carbocycles. The Morgan fingerprint density at radius 3 is 2.81 bits per heavy atom. The van der Waals surface area contributed by atoms with Crippen molar-refractivity contribution in [2.75, 3.05) is 16.8 Å². The van der Waals surface area contributed by atoms with Gasteiger partial charge in [-0.3, -0.25) is 0 Å². The molecule has 5 rings (SSSR count). The summed E-state index contributed by atoms with van der Waals surface area (Å²) in [6.45, 7) is 0.830. The number of nitrogens with zero attached hydrogens (tertiary/aromatic N) is 5. The number of hydrogen-bond acceptors (Lipinski definition) is 8. The second-order valence-electron chi connectivity index (χ2n) is 7.11. The fourth-order valence-corrected chi connectivity index (χ4v) is 4.39. The van der Waals surface area contributed by atoms with Gasteiger partial charge in [-0.1, -0.05) is 23.5 Å². The molecule has 7 nitrogen and oxygen atoms in total. The third kappa shape index (κ3) is 3.85. The Bertz CT molecular complexity index is 1230. The van der Waals surface area contributed by atoms with Gasteiger partial charge in [-0.05, 0) is 36.6 Å². The van der Waals surface area contributed by atoms with Crippen LogP contribution >= 0.6 is 11.3 Å². The van der Waals surface area contributed by atoms with Gasteiger partial charge in [0.05, 0.1) is 31.0 Å². The summed E-state index contributed by atoms with van der Waals surface area (Å²) in [5, 5.41) is 12.9. The molecule has 0 aliphatic carbocycles. The van der Waals surface area contributed by atoms with E-state index in [-0.39, 0.29) is 11.9 Å². The van der Waals surface area contributed by atoms with Crippen LogP contribution < -0.4 is 10.2 Å². The van der Waals surface area contributed by atoms with E-state index in [4.69, 9.17) is 14.7 Å². The van der Waals surface area contributed by atoms with E-state index in [1.807, 2.05) is 18.2 Å². The van der Waals surface area contributed by atoms with Crippen LogP contribution in [0.4, 0.5) is 21.2 Å². The molecule has 0 spiro atoms. The lowest BCUT2D eigenvalue weighted by molar-refractivity contribution is 0.568. The maximum absolute atomic E-state index is 13.4. The zero-order valence-electron chi connectivity index (χ0n) is 16.3. The van der Waals surface area contributed by atoms with Crippen molar-refractivity contribution in [3.05, 3.63) is 71.5 Å². The average molecular weight is 432 g/mol. The topological polar surface area (TPSA) is 90.9 Å². The standard InChI is InChI=1S/C22H17FN6OS/c23-16-5-3-14(4-6-16)18-2-1-8-29(18)19-12-25-20(15-7-9-30-13-15)21(27-19)28-22-26-11-17(10-24)31-22/h3-7,9,11-13,18H,1-2,8H2,(H,26,27,28). The van der Waals surface area contributed by atoms with E-state index in [9.17, 15) is 4.39 Å². The van der Waals surface area contributed by atoms with E-state index < -0.39 is 0 Å². The number of nitriles is 1. The Labute approximate surface area is 181 Å². The first-order chi connectivity index (χ1) is 15.2. The van der Waals surface area contributed by atoms with Gasteiger partial charge in [0.1, 0.15) is 28.3 Å². The van der Waals surface area contributed by atoms with Crippen LogP contribution in [0.2, 0.25) is 0 Å². The molecule has 0 amide bonds. The summed E-state index contributed by atoms with van der Waals surface area (Å²) in [4.78, 5) is 16.5. The molecule has 9 heteroatoms. The first-order valence-electron chi connectivity index (χ1n) is 9.76. The predicted molar refractivity (Wildman–Crippen MR) is 116 cm³/mol. The van der Waals surface area contributed by atoms with Crippen LogP contribution in [0.1, 0.15) is 29.3 Å². The van der Waals surface area contributed by atoms with Crippen molar-refractivity contribution >= 4 is 28.1 Å². The maximum Gasteiger partial charge on any atom is 0.189 e. The second kappa shape index (κ2) is 8.16. The Morgan fingerprint density at radius 2 is 2.06 bits per heavy atom. The molecule has 4 aromatic rings. The summed E-state index contributed by atoms with van der Waals surface area (Å²) >= 11 is 1.25. The van der Waals surface area contributed by atoms with Gasteiger partial charge in [-0.2, -0.15) is 5.26 Å². The quantitative estimate of drug-likeness (QED) is 0.458. The minimum absolute atomic E-state index is 0.104. The molecule has 1 N–H and O–H groups in total. The minimum Gasteiger partial charge on any atom is -0.472 e. The second-order valence-corrected chi connectivity index (χ2v) is 8.14. The summed E-state index contributed by atoms with van der Waals surface area (Å²) < 4.78 is 18.6. The molecule has 1 unspecified atom stereocenters. The van der Waals surface area contributed by atoms with Crippen molar-refractivity contribution in [2.45, 2.75) is 18.9 Å². The van der Waals surface area contributed by atoms with Gasteiger partial charge in [0.25, 0.3) is 0 Å². The zero-order valence-corrected chi connectivity index (χ0v) is 17.1. The Hall–Kier alpha value is -3.77. The SMILES string of the molecule is N#Cc1cnc(Nc2nc(N3CCCC3c3ccc(F)cc3)cnc2-c2ccoc2)s1. The smallest absolute Gasteiger partial charge is 0.189 e. The highest BCUT2D eigenvalue weighted by Crippen LogP contribution is 2.37. The summed E-state index contributed by atoms with van der Waals surface area (Å²) in [7, 11) is 0. The molecule has 1 atom stereocenters. The number of anilines is 3. The summed E-state index contributed by atoms with van der Waals surface area (Å²) in [6.07, 6.45) is 8.42. The van der Waals surface area contributed by atoms with Crippen LogP contribution in [0, 0.1) is 17.1 Å². The van der Waals surface area contributed by atoms with Crippen LogP contribution in [0.25, 0.3) is 11.3 Å². The third-order valence-corrected chi connectivity index (χ3v) is 6.01. The first-order valence-corrected chi connectivity index (χ1v) is 10.6. The molecule has 1 fully saturated rings. The summed E-state index contributed by atoms with van der Waals surface area (Å²) in [5.74, 6) is 1.00. The van der Waals surface area contributed by atoms with Crippen molar-refractivity contribution in [2.24, 2.45) is 0 Å². The van der Waals surface area contributed by atoms with Gasteiger partial charge in [0.2, 0.25) is 0 Å². The molecule has 31 heavy (non-hydrogen) atoms. The Morgan fingerprint density at radius 1 is 1.19 bits per heavy atom. The van der Waals surface area contributed by atoms with Crippen molar-refractivity contribution in [3.8, 4) is 17.3 Å². The monoisotopic (exact) mass is 432 g/mol. The number of hydrogen-bond donors (Lipinski definition) is 1. The largest absolute Gasteiger partial charge is 0.472 e. The van der Waals surface area contributed by atoms with Crippen LogP contribution in [0.5, 0.6) is 0 Å². The molecule has 0 radical (unpaired) electrons. The molecular formula is C22H17FN6OS. The molecule has 1 saturated heterocycles. The number of nitrogens with one attached hydrogen (secondary N) is 1. The number of benzene rings is 1. The lowest BCUT2D eigenvalue weighted by Crippen LogP contribution is -2.24. The first kappa shape index (κ1) is 19.2. The predicted octanol–water partition coefficient (Wildman–Crippen LogP) is 5.29. The molecule has 4 heterocycles. The van der Waals surface area contributed by atoms with Crippen molar-refractivity contribution in [1.82, 2.24) is 15.0 Å². The molecule has 154 valence electrons. The normalized spacial score (nSPS) is 15.7. The lowest BCUT2D eigenvalue weighted by atomic mass is 10.0. The minimum atomic E-state index is -0.246. The third-order valence-electron chi connectivity index (χ3n) is 5.20. The molecule has 1 aliphatic heterocycles. The number of rotatable bonds is 5. The molecular weight excluding hydrogens is 415 g/mol. The zero-order chi connectivity index (χ0) is 21.2. The number of halogens is 1. The van der Waals surface area contributed by atoms with Gasteiger partial charge in [0, 0.05) is 12.1 Å². The molecule has 3 aromatic heterocycles. The van der Waals surface area contributed by atoms with Crippen LogP contribution in [0.15, 0.2) is 59.7 Å². The van der Waals surface area contributed by atoms with E-state index in [1.54, 1.807) is 18.7 Å². The average Bonchev–Trinajstić information content (AvgIpc) is 3.56. The maximum atomic E-state index is 13.4. The summed E-state index contributed by atoms with van der Waals surface area (Å²) in [6, 6.07) is 10.6. The van der Waals surface area contributed by atoms with E-state index >= 15 is 0 Å². The Kier molecular flexibility index (Phi) is 5.06. The lowest BCUT2D eigenvalue weighted by Gasteiger charge is -2.26. The van der Waals surface area contributed by atoms with Gasteiger partial charge in [-0.25, -0.2) is 19.3 Å². The fourth-order valence-electron chi connectivity index (χ4n) is 3.77. The molecule has 0 bridgehead atoms. The van der Waals surface area contributed by atoms with Crippen molar-refractivity contribution in [3.63, 3.8) is 0 Å². The van der Waals surface area contributed by atoms with Crippen LogP contribution in [-0.4, -0.2) is 21.5 Å². The molecule has 1 aliphatic rings. The Balaban J connectivity index is 1.52. The number of furan rings is 1. The summed E-state index contributed by atoms with van der Waals surface area (Å²) in [5.41, 5.74) is 2.46. The van der Waals surface area contributed by atoms with Crippen LogP contribution in [-0.2, 0) is 0 Å². The highest BCUT2D eigenvalue weighted by atomic mass is 32.1. The van der Waals surface area contributed by atoms with Gasteiger partial charge in [0.15, 0.2) is 10.9 Å². The number of thiazole rings is 1. The van der Waals surface area contributed by atoms with E-state index in [0.29, 0.717) is 21.5 Å². The number of aromatic nitrogens is 3. The molecule has 1 aromatic carbocycles. The van der Waals surface area contributed by atoms with Gasteiger partial charge < -0.3 is 14.6 Å². The van der Waals surface area contributed by atoms with Crippen molar-refractivity contribution < 1.29 is 8.81 Å². The van der Waals surface area contributed by atoms with E-state index in [2.05, 4.69) is 26.3 Å². The van der Waals surface area contributed by atoms with Gasteiger partial charge in [-0.15, -0.1) is 0 Å². The highest BCUT2D eigenvalue weighted by Gasteiger charge is 2.28. The van der Waals surface area contributed by atoms with Gasteiger partial charge >= 0.3 is 0 Å². The van der Waals surface area contributed by atoms with E-state index in [0.717, 1.165) is 36.3 Å².